The number of ether oxygens (including phenoxy) is 1. The quantitative estimate of drug-likeness (QED) is 0.796. The molecule has 1 N–H and O–H groups in total. The molecule has 0 aromatic heterocycles. The summed E-state index contributed by atoms with van der Waals surface area (Å²) in [6.07, 6.45) is 2.88. The molecular formula is C23H32N2O4. The Morgan fingerprint density at radius 3 is 2.66 bits per heavy atom. The van der Waals surface area contributed by atoms with Crippen LogP contribution in [0.4, 0.5) is 0 Å². The number of amides is 2. The summed E-state index contributed by atoms with van der Waals surface area (Å²) >= 11 is 0. The van der Waals surface area contributed by atoms with Crippen molar-refractivity contribution in [2.45, 2.75) is 71.1 Å². The maximum atomic E-state index is 13.4. The van der Waals surface area contributed by atoms with Crippen molar-refractivity contribution in [2.75, 3.05) is 13.2 Å². The molecule has 3 atom stereocenters. The highest BCUT2D eigenvalue weighted by Crippen LogP contribution is 2.29. The van der Waals surface area contributed by atoms with E-state index in [2.05, 4.69) is 5.32 Å². The first-order valence-corrected chi connectivity index (χ1v) is 10.5. The van der Waals surface area contributed by atoms with Crippen LogP contribution in [-0.2, 0) is 25.5 Å². The van der Waals surface area contributed by atoms with Gasteiger partial charge in [-0.3, -0.25) is 14.4 Å². The summed E-state index contributed by atoms with van der Waals surface area (Å²) in [6, 6.07) is 8.70. The van der Waals surface area contributed by atoms with Gasteiger partial charge in [0.1, 0.15) is 18.7 Å². The van der Waals surface area contributed by atoms with Crippen LogP contribution >= 0.6 is 0 Å². The number of fused-ring (bicyclic) bond motifs is 1. The second-order valence-corrected chi connectivity index (χ2v) is 9.30. The molecule has 2 aliphatic heterocycles. The van der Waals surface area contributed by atoms with Crippen LogP contribution in [0.1, 0.15) is 52.0 Å². The third-order valence-electron chi connectivity index (χ3n) is 5.56. The average Bonchev–Trinajstić information content (AvgIpc) is 3.06. The Morgan fingerprint density at radius 2 is 1.97 bits per heavy atom. The largest absolute Gasteiger partial charge is 0.368 e. The van der Waals surface area contributed by atoms with Gasteiger partial charge in [-0.05, 0) is 36.7 Å². The van der Waals surface area contributed by atoms with E-state index in [0.29, 0.717) is 25.8 Å². The van der Waals surface area contributed by atoms with Crippen molar-refractivity contribution >= 4 is 17.6 Å². The molecule has 3 rings (SSSR count). The van der Waals surface area contributed by atoms with Crippen LogP contribution in [0.25, 0.3) is 0 Å². The molecule has 1 aromatic carbocycles. The first kappa shape index (κ1) is 21.5. The van der Waals surface area contributed by atoms with Gasteiger partial charge in [0.2, 0.25) is 11.8 Å². The lowest BCUT2D eigenvalue weighted by Gasteiger charge is -2.38. The summed E-state index contributed by atoms with van der Waals surface area (Å²) in [7, 11) is 0. The number of benzene rings is 1. The molecule has 6 heteroatoms. The molecule has 0 bridgehead atoms. The molecule has 158 valence electrons. The minimum absolute atomic E-state index is 0.0343. The van der Waals surface area contributed by atoms with E-state index in [1.165, 1.54) is 0 Å². The van der Waals surface area contributed by atoms with Crippen LogP contribution in [0.2, 0.25) is 0 Å². The van der Waals surface area contributed by atoms with Crippen molar-refractivity contribution in [2.24, 2.45) is 5.41 Å². The number of ketones is 1. The number of Topliss-reactive ketones (excluding diaryl/α,β-unsaturated/α-hetero) is 1. The highest BCUT2D eigenvalue weighted by Gasteiger charge is 2.46. The molecule has 2 aliphatic rings. The standard InChI is InChI=1S/C23H32N2O4/c1-23(2,3)14-17(24-20(27)12-11-16-8-5-4-6-9-16)22(28)25-13-7-10-19-21(25)18(26)15-29-19/h4-6,8-9,17,19,21H,7,10-15H2,1-3H3,(H,24,27). The van der Waals surface area contributed by atoms with Crippen LogP contribution in [0.3, 0.4) is 0 Å². The second kappa shape index (κ2) is 9.08. The van der Waals surface area contributed by atoms with E-state index in [0.717, 1.165) is 18.4 Å². The van der Waals surface area contributed by atoms with E-state index in [1.54, 1.807) is 4.90 Å². The number of aryl methyl sites for hydroxylation is 1. The number of rotatable bonds is 6. The Bertz CT molecular complexity index is 741. The first-order chi connectivity index (χ1) is 13.7. The van der Waals surface area contributed by atoms with E-state index in [1.807, 2.05) is 51.1 Å². The Labute approximate surface area is 173 Å². The molecule has 2 heterocycles. The highest BCUT2D eigenvalue weighted by atomic mass is 16.5. The number of piperidine rings is 1. The van der Waals surface area contributed by atoms with Gasteiger partial charge in [-0.25, -0.2) is 0 Å². The van der Waals surface area contributed by atoms with Crippen molar-refractivity contribution in [1.82, 2.24) is 10.2 Å². The summed E-state index contributed by atoms with van der Waals surface area (Å²) in [5.74, 6) is -0.339. The Kier molecular flexibility index (Phi) is 6.73. The average molecular weight is 401 g/mol. The maximum Gasteiger partial charge on any atom is 0.245 e. The molecule has 29 heavy (non-hydrogen) atoms. The number of carbonyl (C=O) groups is 3. The van der Waals surface area contributed by atoms with Gasteiger partial charge in [0.25, 0.3) is 0 Å². The van der Waals surface area contributed by atoms with Crippen molar-refractivity contribution in [3.63, 3.8) is 0 Å². The number of likely N-dealkylation sites (tertiary alicyclic amines) is 1. The fourth-order valence-corrected chi connectivity index (χ4v) is 4.22. The molecule has 3 unspecified atom stereocenters. The first-order valence-electron chi connectivity index (χ1n) is 10.5. The number of nitrogens with one attached hydrogen (secondary N) is 1. The molecule has 2 fully saturated rings. The van der Waals surface area contributed by atoms with Gasteiger partial charge in [-0.1, -0.05) is 51.1 Å². The molecule has 0 radical (unpaired) electrons. The minimum Gasteiger partial charge on any atom is -0.368 e. The van der Waals surface area contributed by atoms with Crippen molar-refractivity contribution in [3.05, 3.63) is 35.9 Å². The van der Waals surface area contributed by atoms with Crippen LogP contribution < -0.4 is 5.32 Å². The molecular weight excluding hydrogens is 368 g/mol. The SMILES string of the molecule is CC(C)(C)CC(NC(=O)CCc1ccccc1)C(=O)N1CCCC2OCC(=O)C21. The maximum absolute atomic E-state index is 13.4. The lowest BCUT2D eigenvalue weighted by Crippen LogP contribution is -2.58. The summed E-state index contributed by atoms with van der Waals surface area (Å²) in [4.78, 5) is 40.0. The molecule has 1 aromatic rings. The Hall–Kier alpha value is -2.21. The fourth-order valence-electron chi connectivity index (χ4n) is 4.22. The van der Waals surface area contributed by atoms with Gasteiger partial charge in [0, 0.05) is 13.0 Å². The zero-order valence-electron chi connectivity index (χ0n) is 17.6. The van der Waals surface area contributed by atoms with Gasteiger partial charge < -0.3 is 15.0 Å². The fraction of sp³-hybridized carbons (Fsp3) is 0.609. The number of hydrogen-bond donors (Lipinski definition) is 1. The highest BCUT2D eigenvalue weighted by molar-refractivity contribution is 5.94. The lowest BCUT2D eigenvalue weighted by molar-refractivity contribution is -0.144. The molecule has 0 saturated carbocycles. The van der Waals surface area contributed by atoms with Gasteiger partial charge in [-0.2, -0.15) is 0 Å². The van der Waals surface area contributed by atoms with Crippen molar-refractivity contribution < 1.29 is 19.1 Å². The van der Waals surface area contributed by atoms with E-state index in [-0.39, 0.29) is 35.7 Å². The van der Waals surface area contributed by atoms with E-state index in [4.69, 9.17) is 4.74 Å². The zero-order valence-corrected chi connectivity index (χ0v) is 17.6. The van der Waals surface area contributed by atoms with Crippen LogP contribution in [0.5, 0.6) is 0 Å². The van der Waals surface area contributed by atoms with Gasteiger partial charge in [0.05, 0.1) is 6.10 Å². The second-order valence-electron chi connectivity index (χ2n) is 9.30. The Balaban J connectivity index is 1.68. The monoisotopic (exact) mass is 400 g/mol. The summed E-state index contributed by atoms with van der Waals surface area (Å²) in [5, 5.41) is 2.95. The zero-order chi connectivity index (χ0) is 21.0. The van der Waals surface area contributed by atoms with Crippen LogP contribution in [-0.4, -0.2) is 53.8 Å². The number of nitrogens with zero attached hydrogens (tertiary/aromatic N) is 1. The smallest absolute Gasteiger partial charge is 0.245 e. The van der Waals surface area contributed by atoms with E-state index < -0.39 is 12.1 Å². The van der Waals surface area contributed by atoms with Crippen molar-refractivity contribution in [1.29, 1.82) is 0 Å². The predicted octanol–water partition coefficient (Wildman–Crippen LogP) is 2.50. The third kappa shape index (κ3) is 5.66. The lowest BCUT2D eigenvalue weighted by atomic mass is 9.86. The summed E-state index contributed by atoms with van der Waals surface area (Å²) < 4.78 is 5.57. The van der Waals surface area contributed by atoms with Gasteiger partial charge in [-0.15, -0.1) is 0 Å². The van der Waals surface area contributed by atoms with Crippen LogP contribution in [0, 0.1) is 5.41 Å². The van der Waals surface area contributed by atoms with E-state index in [9.17, 15) is 14.4 Å². The molecule has 0 aliphatic carbocycles. The summed E-state index contributed by atoms with van der Waals surface area (Å²) in [5.41, 5.74) is 0.951. The topological polar surface area (TPSA) is 75.7 Å². The van der Waals surface area contributed by atoms with Gasteiger partial charge >= 0.3 is 0 Å². The normalized spacial score (nSPS) is 22.9. The number of carbonyl (C=O) groups excluding carboxylic acids is 3. The van der Waals surface area contributed by atoms with Crippen molar-refractivity contribution in [3.8, 4) is 0 Å². The summed E-state index contributed by atoms with van der Waals surface area (Å²) in [6.45, 7) is 6.76. The molecule has 0 spiro atoms. The molecule has 6 nitrogen and oxygen atoms in total. The Morgan fingerprint density at radius 1 is 1.24 bits per heavy atom. The molecule has 2 amide bonds. The van der Waals surface area contributed by atoms with Gasteiger partial charge in [0.15, 0.2) is 5.78 Å². The number of hydrogen-bond acceptors (Lipinski definition) is 4. The predicted molar refractivity (Wildman–Crippen MR) is 110 cm³/mol. The third-order valence-corrected chi connectivity index (χ3v) is 5.56. The van der Waals surface area contributed by atoms with E-state index >= 15 is 0 Å². The van der Waals surface area contributed by atoms with Crippen LogP contribution in [0.15, 0.2) is 30.3 Å². The molecule has 2 saturated heterocycles. The minimum atomic E-state index is -0.634.